The monoisotopic (exact) mass is 380 g/mol. The molecular weight excluding hydrogens is 364 g/mol. The molecule has 0 aliphatic carbocycles. The zero-order chi connectivity index (χ0) is 17.2. The highest BCUT2D eigenvalue weighted by Crippen LogP contribution is 2.31. The maximum atomic E-state index is 12.4. The van der Waals surface area contributed by atoms with Crippen molar-refractivity contribution in [2.75, 3.05) is 7.11 Å². The Bertz CT molecular complexity index is 914. The van der Waals surface area contributed by atoms with Crippen molar-refractivity contribution < 1.29 is 13.2 Å². The minimum atomic E-state index is -3.57. The van der Waals surface area contributed by atoms with Crippen LogP contribution in [0, 0.1) is 6.92 Å². The molecule has 3 aromatic rings. The van der Waals surface area contributed by atoms with Crippen LogP contribution in [0.4, 0.5) is 0 Å². The number of hydrogen-bond donors (Lipinski definition) is 1. The number of ether oxygens (including phenoxy) is 1. The Kier molecular flexibility index (Phi) is 5.00. The van der Waals surface area contributed by atoms with Gasteiger partial charge >= 0.3 is 0 Å². The van der Waals surface area contributed by atoms with Gasteiger partial charge in [-0.1, -0.05) is 6.07 Å². The normalized spacial score (nSPS) is 11.6. The molecule has 0 aliphatic heterocycles. The number of rotatable bonds is 6. The number of hydrogen-bond acceptors (Lipinski definition) is 6. The van der Waals surface area contributed by atoms with Gasteiger partial charge in [-0.05, 0) is 42.6 Å². The Morgan fingerprint density at radius 3 is 2.58 bits per heavy atom. The molecule has 0 aliphatic rings. The summed E-state index contributed by atoms with van der Waals surface area (Å²) in [5, 5.41) is 2.92. The van der Waals surface area contributed by atoms with Crippen molar-refractivity contribution in [1.29, 1.82) is 0 Å². The summed E-state index contributed by atoms with van der Waals surface area (Å²) >= 11 is 3.13. The third-order valence-corrected chi connectivity index (χ3v) is 7.03. The molecule has 0 amide bonds. The van der Waals surface area contributed by atoms with Crippen molar-refractivity contribution in [3.8, 4) is 15.6 Å². The number of aryl methyl sites for hydroxylation is 1. The number of nitrogens with zero attached hydrogens (tertiary/aromatic N) is 1. The molecule has 3 rings (SSSR count). The molecule has 2 aromatic heterocycles. The van der Waals surface area contributed by atoms with Crippen molar-refractivity contribution in [2.45, 2.75) is 18.4 Å². The van der Waals surface area contributed by atoms with Gasteiger partial charge in [0.1, 0.15) is 10.8 Å². The molecule has 126 valence electrons. The summed E-state index contributed by atoms with van der Waals surface area (Å²) < 4.78 is 32.5. The third kappa shape index (κ3) is 3.67. The molecule has 2 heterocycles. The maximum Gasteiger partial charge on any atom is 0.240 e. The standard InChI is InChI=1S/C16H16N2O3S3/c1-11-15(23-16(18-11)14-4-3-9-22-14)10-17-24(19,20)13-7-5-12(21-2)6-8-13/h3-9,17H,10H2,1-2H3. The van der Waals surface area contributed by atoms with Gasteiger partial charge in [0.05, 0.1) is 22.6 Å². The number of methoxy groups -OCH3 is 1. The molecule has 0 unspecified atom stereocenters. The van der Waals surface area contributed by atoms with E-state index >= 15 is 0 Å². The van der Waals surface area contributed by atoms with E-state index in [1.165, 1.54) is 23.5 Å². The van der Waals surface area contributed by atoms with E-state index in [-0.39, 0.29) is 11.4 Å². The van der Waals surface area contributed by atoms with Crippen molar-refractivity contribution in [1.82, 2.24) is 9.71 Å². The fourth-order valence-electron chi connectivity index (χ4n) is 2.10. The third-order valence-electron chi connectivity index (χ3n) is 3.42. The Morgan fingerprint density at radius 2 is 1.96 bits per heavy atom. The number of thiophene rings is 1. The molecule has 0 radical (unpaired) electrons. The fraction of sp³-hybridized carbons (Fsp3) is 0.188. The molecule has 8 heteroatoms. The first-order valence-electron chi connectivity index (χ1n) is 7.13. The summed E-state index contributed by atoms with van der Waals surface area (Å²) in [5.41, 5.74) is 0.848. The molecule has 0 spiro atoms. The van der Waals surface area contributed by atoms with Gasteiger partial charge in [-0.3, -0.25) is 0 Å². The summed E-state index contributed by atoms with van der Waals surface area (Å²) in [6.07, 6.45) is 0. The van der Waals surface area contributed by atoms with E-state index in [1.54, 1.807) is 30.6 Å². The van der Waals surface area contributed by atoms with Crippen LogP contribution in [0.5, 0.6) is 5.75 Å². The van der Waals surface area contributed by atoms with Crippen LogP contribution in [-0.4, -0.2) is 20.5 Å². The van der Waals surface area contributed by atoms with Gasteiger partial charge in [-0.15, -0.1) is 22.7 Å². The molecule has 24 heavy (non-hydrogen) atoms. The fourth-order valence-corrected chi connectivity index (χ4v) is 4.98. The molecule has 0 atom stereocenters. The minimum absolute atomic E-state index is 0.212. The van der Waals surface area contributed by atoms with Gasteiger partial charge in [-0.25, -0.2) is 18.1 Å². The van der Waals surface area contributed by atoms with E-state index in [1.807, 2.05) is 24.4 Å². The van der Waals surface area contributed by atoms with Crippen LogP contribution in [0.1, 0.15) is 10.6 Å². The zero-order valence-electron chi connectivity index (χ0n) is 13.1. The first kappa shape index (κ1) is 17.1. The average Bonchev–Trinajstić information content (AvgIpc) is 3.23. The van der Waals surface area contributed by atoms with E-state index in [0.29, 0.717) is 5.75 Å². The van der Waals surface area contributed by atoms with Crippen molar-refractivity contribution >= 4 is 32.7 Å². The lowest BCUT2D eigenvalue weighted by Gasteiger charge is -2.07. The van der Waals surface area contributed by atoms with E-state index in [0.717, 1.165) is 20.5 Å². The van der Waals surface area contributed by atoms with Gasteiger partial charge in [0.25, 0.3) is 0 Å². The quantitative estimate of drug-likeness (QED) is 0.708. The smallest absolute Gasteiger partial charge is 0.240 e. The molecule has 1 N–H and O–H groups in total. The average molecular weight is 381 g/mol. The highest BCUT2D eigenvalue weighted by Gasteiger charge is 2.16. The Labute approximate surface area is 149 Å². The van der Waals surface area contributed by atoms with E-state index in [4.69, 9.17) is 4.74 Å². The molecule has 0 bridgehead atoms. The summed E-state index contributed by atoms with van der Waals surface area (Å²) in [6.45, 7) is 2.12. The zero-order valence-corrected chi connectivity index (χ0v) is 15.6. The van der Waals surface area contributed by atoms with E-state index in [2.05, 4.69) is 9.71 Å². The van der Waals surface area contributed by atoms with Gasteiger partial charge in [0.2, 0.25) is 10.0 Å². The van der Waals surface area contributed by atoms with Gasteiger partial charge in [-0.2, -0.15) is 0 Å². The molecule has 0 fully saturated rings. The minimum Gasteiger partial charge on any atom is -0.497 e. The topological polar surface area (TPSA) is 68.3 Å². The summed E-state index contributed by atoms with van der Waals surface area (Å²) in [6, 6.07) is 10.3. The van der Waals surface area contributed by atoms with E-state index < -0.39 is 10.0 Å². The second-order valence-corrected chi connectivity index (χ2v) is 8.80. The summed E-state index contributed by atoms with van der Waals surface area (Å²) in [7, 11) is -2.03. The second kappa shape index (κ2) is 7.02. The predicted octanol–water partition coefficient (Wildman–Crippen LogP) is 3.67. The highest BCUT2D eigenvalue weighted by atomic mass is 32.2. The van der Waals surface area contributed by atoms with Gasteiger partial charge in [0, 0.05) is 11.4 Å². The van der Waals surface area contributed by atoms with Crippen LogP contribution in [0.3, 0.4) is 0 Å². The number of benzene rings is 1. The van der Waals surface area contributed by atoms with Crippen molar-refractivity contribution in [2.24, 2.45) is 0 Å². The lowest BCUT2D eigenvalue weighted by Crippen LogP contribution is -2.23. The summed E-state index contributed by atoms with van der Waals surface area (Å²) in [5.74, 6) is 0.618. The van der Waals surface area contributed by atoms with Crippen LogP contribution in [0.25, 0.3) is 9.88 Å². The van der Waals surface area contributed by atoms with E-state index in [9.17, 15) is 8.42 Å². The number of nitrogens with one attached hydrogen (secondary N) is 1. The molecule has 0 saturated heterocycles. The van der Waals surface area contributed by atoms with Crippen molar-refractivity contribution in [3.63, 3.8) is 0 Å². The first-order valence-corrected chi connectivity index (χ1v) is 10.3. The summed E-state index contributed by atoms with van der Waals surface area (Å²) in [4.78, 5) is 6.74. The van der Waals surface area contributed by atoms with Crippen LogP contribution >= 0.6 is 22.7 Å². The number of aromatic nitrogens is 1. The van der Waals surface area contributed by atoms with Crippen LogP contribution < -0.4 is 9.46 Å². The molecule has 0 saturated carbocycles. The van der Waals surface area contributed by atoms with Gasteiger partial charge < -0.3 is 4.74 Å². The Morgan fingerprint density at radius 1 is 1.21 bits per heavy atom. The number of thiazole rings is 1. The molecular formula is C16H16N2O3S3. The Hall–Kier alpha value is -1.74. The Balaban J connectivity index is 1.75. The van der Waals surface area contributed by atoms with Crippen LogP contribution in [0.2, 0.25) is 0 Å². The largest absolute Gasteiger partial charge is 0.497 e. The van der Waals surface area contributed by atoms with Gasteiger partial charge in [0.15, 0.2) is 0 Å². The molecule has 5 nitrogen and oxygen atoms in total. The second-order valence-electron chi connectivity index (χ2n) is 5.00. The molecule has 1 aromatic carbocycles. The van der Waals surface area contributed by atoms with Crippen LogP contribution in [0.15, 0.2) is 46.7 Å². The van der Waals surface area contributed by atoms with Crippen molar-refractivity contribution in [3.05, 3.63) is 52.3 Å². The number of sulfonamides is 1. The highest BCUT2D eigenvalue weighted by molar-refractivity contribution is 7.89. The lowest BCUT2D eigenvalue weighted by atomic mass is 10.3. The first-order chi connectivity index (χ1) is 11.5. The van der Waals surface area contributed by atoms with Crippen LogP contribution in [-0.2, 0) is 16.6 Å². The SMILES string of the molecule is COc1ccc(S(=O)(=O)NCc2sc(-c3cccs3)nc2C)cc1. The maximum absolute atomic E-state index is 12.4. The predicted molar refractivity (Wildman–Crippen MR) is 97.2 cm³/mol. The lowest BCUT2D eigenvalue weighted by molar-refractivity contribution is 0.414.